The zero-order valence-corrected chi connectivity index (χ0v) is 9.46. The summed E-state index contributed by atoms with van der Waals surface area (Å²) in [5.74, 6) is 0.272. The molecule has 0 aromatic rings. The van der Waals surface area contributed by atoms with Gasteiger partial charge in [0.1, 0.15) is 0 Å². The summed E-state index contributed by atoms with van der Waals surface area (Å²) >= 11 is 0. The summed E-state index contributed by atoms with van der Waals surface area (Å²) in [6.07, 6.45) is 3.04. The first kappa shape index (κ1) is 10.9. The SMILES string of the molecule is CC1(C(=O)N2CCNCC2)CCCC1N. The standard InChI is InChI=1S/C11H21N3O/c1-11(4-2-3-9(11)12)10(15)14-7-5-13-6-8-14/h9,13H,2-8,12H2,1H3. The van der Waals surface area contributed by atoms with Crippen molar-refractivity contribution in [2.75, 3.05) is 26.2 Å². The molecular weight excluding hydrogens is 190 g/mol. The Labute approximate surface area is 91.2 Å². The highest BCUT2D eigenvalue weighted by molar-refractivity contribution is 5.83. The summed E-state index contributed by atoms with van der Waals surface area (Å²) in [5, 5.41) is 3.26. The smallest absolute Gasteiger partial charge is 0.230 e. The Morgan fingerprint density at radius 2 is 2.13 bits per heavy atom. The van der Waals surface area contributed by atoms with Crippen LogP contribution in [0.25, 0.3) is 0 Å². The molecule has 0 bridgehead atoms. The molecule has 4 nitrogen and oxygen atoms in total. The van der Waals surface area contributed by atoms with E-state index in [1.807, 2.05) is 11.8 Å². The van der Waals surface area contributed by atoms with Gasteiger partial charge in [-0.3, -0.25) is 4.79 Å². The molecule has 1 heterocycles. The summed E-state index contributed by atoms with van der Waals surface area (Å²) in [6.45, 7) is 5.53. The van der Waals surface area contributed by atoms with Gasteiger partial charge in [0.2, 0.25) is 5.91 Å². The lowest BCUT2D eigenvalue weighted by atomic mass is 9.83. The number of amides is 1. The van der Waals surface area contributed by atoms with Crippen LogP contribution in [0.2, 0.25) is 0 Å². The Morgan fingerprint density at radius 3 is 2.67 bits per heavy atom. The number of hydrogen-bond donors (Lipinski definition) is 2. The highest BCUT2D eigenvalue weighted by Gasteiger charge is 2.45. The van der Waals surface area contributed by atoms with E-state index in [9.17, 15) is 4.79 Å². The van der Waals surface area contributed by atoms with E-state index < -0.39 is 0 Å². The summed E-state index contributed by atoms with van der Waals surface area (Å²) in [4.78, 5) is 14.3. The minimum atomic E-state index is -0.294. The first-order valence-electron chi connectivity index (χ1n) is 5.90. The number of nitrogens with zero attached hydrogens (tertiary/aromatic N) is 1. The molecule has 1 saturated heterocycles. The fourth-order valence-electron chi connectivity index (χ4n) is 2.69. The van der Waals surface area contributed by atoms with E-state index in [4.69, 9.17) is 5.73 Å². The van der Waals surface area contributed by atoms with Crippen LogP contribution in [0.4, 0.5) is 0 Å². The Hall–Kier alpha value is -0.610. The maximum atomic E-state index is 12.4. The van der Waals surface area contributed by atoms with E-state index >= 15 is 0 Å². The van der Waals surface area contributed by atoms with Gasteiger partial charge < -0.3 is 16.0 Å². The Kier molecular flexibility index (Phi) is 2.98. The molecule has 2 aliphatic rings. The first-order valence-corrected chi connectivity index (χ1v) is 5.90. The summed E-state index contributed by atoms with van der Waals surface area (Å²) in [5.41, 5.74) is 5.76. The molecule has 1 amide bonds. The zero-order chi connectivity index (χ0) is 10.9. The van der Waals surface area contributed by atoms with Gasteiger partial charge in [0.25, 0.3) is 0 Å². The van der Waals surface area contributed by atoms with E-state index in [0.29, 0.717) is 0 Å². The average molecular weight is 211 g/mol. The molecule has 2 unspecified atom stereocenters. The molecule has 0 radical (unpaired) electrons. The van der Waals surface area contributed by atoms with Crippen molar-refractivity contribution in [2.24, 2.45) is 11.1 Å². The van der Waals surface area contributed by atoms with Crippen LogP contribution in [-0.4, -0.2) is 43.0 Å². The van der Waals surface area contributed by atoms with Crippen molar-refractivity contribution in [1.82, 2.24) is 10.2 Å². The summed E-state index contributed by atoms with van der Waals surface area (Å²) in [7, 11) is 0. The predicted molar refractivity (Wildman–Crippen MR) is 59.4 cm³/mol. The van der Waals surface area contributed by atoms with Crippen LogP contribution in [0, 0.1) is 5.41 Å². The molecule has 2 fully saturated rings. The molecule has 3 N–H and O–H groups in total. The molecule has 86 valence electrons. The second kappa shape index (κ2) is 4.10. The molecule has 1 aliphatic carbocycles. The number of nitrogens with two attached hydrogens (primary N) is 1. The lowest BCUT2D eigenvalue weighted by Gasteiger charge is -2.36. The van der Waals surface area contributed by atoms with Gasteiger partial charge in [-0.25, -0.2) is 0 Å². The van der Waals surface area contributed by atoms with Crippen LogP contribution in [-0.2, 0) is 4.79 Å². The van der Waals surface area contributed by atoms with E-state index in [1.165, 1.54) is 0 Å². The van der Waals surface area contributed by atoms with Crippen molar-refractivity contribution in [2.45, 2.75) is 32.2 Å². The number of rotatable bonds is 1. The topological polar surface area (TPSA) is 58.4 Å². The highest BCUT2D eigenvalue weighted by atomic mass is 16.2. The summed E-state index contributed by atoms with van der Waals surface area (Å²) in [6, 6.07) is 0.0554. The normalized spacial score (nSPS) is 36.9. The maximum Gasteiger partial charge on any atom is 0.230 e. The molecule has 2 atom stereocenters. The van der Waals surface area contributed by atoms with Crippen LogP contribution in [0.5, 0.6) is 0 Å². The van der Waals surface area contributed by atoms with E-state index in [0.717, 1.165) is 45.4 Å². The fourth-order valence-corrected chi connectivity index (χ4v) is 2.69. The monoisotopic (exact) mass is 211 g/mol. The quantitative estimate of drug-likeness (QED) is 0.638. The lowest BCUT2D eigenvalue weighted by molar-refractivity contribution is -0.142. The van der Waals surface area contributed by atoms with Crippen LogP contribution < -0.4 is 11.1 Å². The van der Waals surface area contributed by atoms with Gasteiger partial charge >= 0.3 is 0 Å². The third-order valence-corrected chi connectivity index (χ3v) is 3.92. The van der Waals surface area contributed by atoms with Gasteiger partial charge in [0.05, 0.1) is 5.41 Å². The number of nitrogens with one attached hydrogen (secondary N) is 1. The van der Waals surface area contributed by atoms with Crippen molar-refractivity contribution in [3.63, 3.8) is 0 Å². The van der Waals surface area contributed by atoms with Gasteiger partial charge in [-0.1, -0.05) is 6.42 Å². The van der Waals surface area contributed by atoms with E-state index in [2.05, 4.69) is 5.32 Å². The Bertz CT molecular complexity index is 250. The molecule has 2 rings (SSSR count). The number of carbonyl (C=O) groups excluding carboxylic acids is 1. The molecule has 15 heavy (non-hydrogen) atoms. The molecule has 0 aromatic carbocycles. The largest absolute Gasteiger partial charge is 0.340 e. The third-order valence-electron chi connectivity index (χ3n) is 3.92. The second-order valence-corrected chi connectivity index (χ2v) is 4.96. The van der Waals surface area contributed by atoms with Gasteiger partial charge in [-0.05, 0) is 19.8 Å². The van der Waals surface area contributed by atoms with Gasteiger partial charge in [-0.15, -0.1) is 0 Å². The van der Waals surface area contributed by atoms with Crippen molar-refractivity contribution in [3.05, 3.63) is 0 Å². The van der Waals surface area contributed by atoms with Crippen LogP contribution in [0.15, 0.2) is 0 Å². The zero-order valence-electron chi connectivity index (χ0n) is 9.46. The predicted octanol–water partition coefficient (Wildman–Crippen LogP) is -0.0643. The highest BCUT2D eigenvalue weighted by Crippen LogP contribution is 2.38. The minimum absolute atomic E-state index is 0.0554. The molecule has 0 spiro atoms. The lowest BCUT2D eigenvalue weighted by Crippen LogP contribution is -2.54. The van der Waals surface area contributed by atoms with Crippen LogP contribution in [0.1, 0.15) is 26.2 Å². The number of hydrogen-bond acceptors (Lipinski definition) is 3. The van der Waals surface area contributed by atoms with Crippen molar-refractivity contribution >= 4 is 5.91 Å². The average Bonchev–Trinajstić information content (AvgIpc) is 2.61. The van der Waals surface area contributed by atoms with Crippen LogP contribution >= 0.6 is 0 Å². The Morgan fingerprint density at radius 1 is 1.47 bits per heavy atom. The van der Waals surface area contributed by atoms with E-state index in [1.54, 1.807) is 0 Å². The molecule has 1 aliphatic heterocycles. The molecular formula is C11H21N3O. The molecule has 1 saturated carbocycles. The molecule has 4 heteroatoms. The third kappa shape index (κ3) is 1.88. The first-order chi connectivity index (χ1) is 7.14. The molecule has 0 aromatic heterocycles. The number of carbonyl (C=O) groups is 1. The van der Waals surface area contributed by atoms with Gasteiger partial charge in [0, 0.05) is 32.2 Å². The Balaban J connectivity index is 2.05. The maximum absolute atomic E-state index is 12.4. The number of piperazine rings is 1. The minimum Gasteiger partial charge on any atom is -0.340 e. The fraction of sp³-hybridized carbons (Fsp3) is 0.909. The second-order valence-electron chi connectivity index (χ2n) is 4.96. The van der Waals surface area contributed by atoms with Crippen molar-refractivity contribution in [3.8, 4) is 0 Å². The van der Waals surface area contributed by atoms with E-state index in [-0.39, 0.29) is 17.4 Å². The van der Waals surface area contributed by atoms with Crippen molar-refractivity contribution in [1.29, 1.82) is 0 Å². The van der Waals surface area contributed by atoms with Crippen molar-refractivity contribution < 1.29 is 4.79 Å². The van der Waals surface area contributed by atoms with Crippen LogP contribution in [0.3, 0.4) is 0 Å². The van der Waals surface area contributed by atoms with Gasteiger partial charge in [-0.2, -0.15) is 0 Å². The summed E-state index contributed by atoms with van der Waals surface area (Å²) < 4.78 is 0. The van der Waals surface area contributed by atoms with Gasteiger partial charge in [0.15, 0.2) is 0 Å².